The van der Waals surface area contributed by atoms with Crippen LogP contribution in [0.4, 0.5) is 5.69 Å². The van der Waals surface area contributed by atoms with Crippen molar-refractivity contribution in [1.29, 1.82) is 0 Å². The Hall–Kier alpha value is -2.04. The summed E-state index contributed by atoms with van der Waals surface area (Å²) in [6.45, 7) is 2.54. The topological polar surface area (TPSA) is 74.2 Å². The van der Waals surface area contributed by atoms with Gasteiger partial charge in [-0.25, -0.2) is 0 Å². The van der Waals surface area contributed by atoms with Gasteiger partial charge in [-0.15, -0.1) is 0 Å². The van der Waals surface area contributed by atoms with Crippen LogP contribution in [0.3, 0.4) is 0 Å². The minimum absolute atomic E-state index is 0.253. The monoisotopic (exact) mass is 287 g/mol. The van der Waals surface area contributed by atoms with Crippen molar-refractivity contribution in [2.45, 2.75) is 45.1 Å². The van der Waals surface area contributed by atoms with E-state index in [0.717, 1.165) is 24.6 Å². The van der Waals surface area contributed by atoms with Crippen LogP contribution in [0.15, 0.2) is 28.8 Å². The Balaban J connectivity index is 1.61. The zero-order valence-corrected chi connectivity index (χ0v) is 12.3. The van der Waals surface area contributed by atoms with Crippen molar-refractivity contribution in [2.75, 3.05) is 5.73 Å². The number of hydrogen-bond acceptors (Lipinski definition) is 5. The van der Waals surface area contributed by atoms with E-state index in [1.54, 1.807) is 6.07 Å². The minimum Gasteiger partial charge on any atom is -0.482 e. The van der Waals surface area contributed by atoms with Gasteiger partial charge in [0.25, 0.3) is 5.89 Å². The van der Waals surface area contributed by atoms with E-state index in [-0.39, 0.29) is 6.61 Å². The van der Waals surface area contributed by atoms with Crippen LogP contribution in [-0.4, -0.2) is 10.1 Å². The number of anilines is 1. The van der Waals surface area contributed by atoms with Gasteiger partial charge in [0.1, 0.15) is 5.75 Å². The molecular formula is C16H21N3O2. The van der Waals surface area contributed by atoms with Gasteiger partial charge in [-0.1, -0.05) is 37.1 Å². The Morgan fingerprint density at radius 1 is 1.33 bits per heavy atom. The maximum atomic E-state index is 5.83. The molecule has 5 nitrogen and oxygen atoms in total. The lowest BCUT2D eigenvalue weighted by atomic mass is 9.82. The van der Waals surface area contributed by atoms with Crippen molar-refractivity contribution in [2.24, 2.45) is 5.92 Å². The molecule has 0 spiro atoms. The van der Waals surface area contributed by atoms with Gasteiger partial charge in [0, 0.05) is 5.92 Å². The summed E-state index contributed by atoms with van der Waals surface area (Å²) in [6.07, 6.45) is 4.84. The Morgan fingerprint density at radius 3 is 3.00 bits per heavy atom. The Bertz CT molecular complexity index is 597. The highest BCUT2D eigenvalue weighted by atomic mass is 16.5. The largest absolute Gasteiger partial charge is 0.482 e. The highest BCUT2D eigenvalue weighted by Crippen LogP contribution is 2.34. The zero-order valence-electron chi connectivity index (χ0n) is 12.3. The molecule has 21 heavy (non-hydrogen) atoms. The Morgan fingerprint density at radius 2 is 2.19 bits per heavy atom. The van der Waals surface area contributed by atoms with Crippen LogP contribution in [0.1, 0.15) is 50.2 Å². The van der Waals surface area contributed by atoms with Crippen molar-refractivity contribution in [3.8, 4) is 5.75 Å². The number of nitrogen functional groups attached to an aromatic ring is 1. The van der Waals surface area contributed by atoms with E-state index in [2.05, 4.69) is 17.1 Å². The molecule has 1 saturated carbocycles. The van der Waals surface area contributed by atoms with Crippen LogP contribution in [0.25, 0.3) is 0 Å². The molecule has 5 heteroatoms. The highest BCUT2D eigenvalue weighted by molar-refractivity contribution is 5.51. The molecule has 0 bridgehead atoms. The van der Waals surface area contributed by atoms with E-state index in [4.69, 9.17) is 15.0 Å². The smallest absolute Gasteiger partial charge is 0.264 e. The molecule has 2 atom stereocenters. The second-order valence-electron chi connectivity index (χ2n) is 5.84. The quantitative estimate of drug-likeness (QED) is 0.871. The zero-order chi connectivity index (χ0) is 14.7. The Kier molecular flexibility index (Phi) is 4.08. The lowest BCUT2D eigenvalue weighted by Gasteiger charge is -2.23. The summed E-state index contributed by atoms with van der Waals surface area (Å²) in [5, 5.41) is 4.11. The van der Waals surface area contributed by atoms with Gasteiger partial charge in [0.15, 0.2) is 12.4 Å². The number of ether oxygens (including phenoxy) is 1. The normalized spacial score (nSPS) is 22.1. The Labute approximate surface area is 124 Å². The van der Waals surface area contributed by atoms with Crippen molar-refractivity contribution in [1.82, 2.24) is 10.1 Å². The molecule has 1 fully saturated rings. The number of hydrogen-bond donors (Lipinski definition) is 1. The van der Waals surface area contributed by atoms with E-state index in [1.807, 2.05) is 18.2 Å². The summed E-state index contributed by atoms with van der Waals surface area (Å²) < 4.78 is 10.9. The van der Waals surface area contributed by atoms with Crippen LogP contribution >= 0.6 is 0 Å². The average molecular weight is 287 g/mol. The first-order chi connectivity index (χ1) is 10.2. The van der Waals surface area contributed by atoms with Crippen LogP contribution < -0.4 is 10.5 Å². The van der Waals surface area contributed by atoms with Crippen molar-refractivity contribution < 1.29 is 9.26 Å². The lowest BCUT2D eigenvalue weighted by Crippen LogP contribution is -2.13. The predicted molar refractivity (Wildman–Crippen MR) is 79.9 cm³/mol. The van der Waals surface area contributed by atoms with Crippen LogP contribution in [-0.2, 0) is 6.61 Å². The summed E-state index contributed by atoms with van der Waals surface area (Å²) in [5.74, 6) is 3.13. The predicted octanol–water partition coefficient (Wildman–Crippen LogP) is 3.52. The van der Waals surface area contributed by atoms with E-state index in [0.29, 0.717) is 23.2 Å². The third-order valence-electron chi connectivity index (χ3n) is 4.06. The first-order valence-corrected chi connectivity index (χ1v) is 7.52. The summed E-state index contributed by atoms with van der Waals surface area (Å²) >= 11 is 0. The van der Waals surface area contributed by atoms with E-state index in [9.17, 15) is 0 Å². The first-order valence-electron chi connectivity index (χ1n) is 7.52. The molecule has 1 aromatic heterocycles. The van der Waals surface area contributed by atoms with Gasteiger partial charge in [-0.3, -0.25) is 0 Å². The summed E-state index contributed by atoms with van der Waals surface area (Å²) in [4.78, 5) is 4.47. The summed E-state index contributed by atoms with van der Waals surface area (Å²) in [7, 11) is 0. The molecule has 1 aromatic carbocycles. The molecule has 0 amide bonds. The first kappa shape index (κ1) is 13.9. The van der Waals surface area contributed by atoms with Crippen molar-refractivity contribution >= 4 is 5.69 Å². The molecule has 1 aliphatic rings. The number of aromatic nitrogens is 2. The molecular weight excluding hydrogens is 266 g/mol. The van der Waals surface area contributed by atoms with Gasteiger partial charge in [0.05, 0.1) is 5.69 Å². The summed E-state index contributed by atoms with van der Waals surface area (Å²) in [6, 6.07) is 7.39. The van der Waals surface area contributed by atoms with Gasteiger partial charge >= 0.3 is 0 Å². The standard InChI is InChI=1S/C16H21N3O2/c1-11-5-4-6-12(9-11)16-18-15(21-19-16)10-20-14-8-3-2-7-13(14)17/h2-3,7-8,11-12H,4-6,9-10,17H2,1H3. The number of rotatable bonds is 4. The molecule has 0 aliphatic heterocycles. The third-order valence-corrected chi connectivity index (χ3v) is 4.06. The number of para-hydroxylation sites is 2. The lowest BCUT2D eigenvalue weighted by molar-refractivity contribution is 0.242. The number of nitrogens with two attached hydrogens (primary N) is 1. The van der Waals surface area contributed by atoms with Crippen LogP contribution in [0.5, 0.6) is 5.75 Å². The van der Waals surface area contributed by atoms with Crippen LogP contribution in [0, 0.1) is 5.92 Å². The van der Waals surface area contributed by atoms with Crippen LogP contribution in [0.2, 0.25) is 0 Å². The molecule has 2 unspecified atom stereocenters. The van der Waals surface area contributed by atoms with E-state index >= 15 is 0 Å². The molecule has 2 N–H and O–H groups in total. The van der Waals surface area contributed by atoms with Crippen molar-refractivity contribution in [3.63, 3.8) is 0 Å². The fourth-order valence-electron chi connectivity index (χ4n) is 2.91. The summed E-state index contributed by atoms with van der Waals surface area (Å²) in [5.41, 5.74) is 6.44. The molecule has 0 saturated heterocycles. The van der Waals surface area contributed by atoms with Gasteiger partial charge < -0.3 is 15.0 Å². The molecule has 112 valence electrons. The number of nitrogens with zero attached hydrogens (tertiary/aromatic N) is 2. The fraction of sp³-hybridized carbons (Fsp3) is 0.500. The van der Waals surface area contributed by atoms with E-state index < -0.39 is 0 Å². The molecule has 0 radical (unpaired) electrons. The number of benzene rings is 1. The fourth-order valence-corrected chi connectivity index (χ4v) is 2.91. The minimum atomic E-state index is 0.253. The molecule has 1 aliphatic carbocycles. The van der Waals surface area contributed by atoms with Crippen molar-refractivity contribution in [3.05, 3.63) is 36.0 Å². The molecule has 2 aromatic rings. The second kappa shape index (κ2) is 6.16. The average Bonchev–Trinajstić information content (AvgIpc) is 2.95. The SMILES string of the molecule is CC1CCCC(c2noc(COc3ccccc3N)n2)C1. The maximum Gasteiger partial charge on any atom is 0.264 e. The molecule has 1 heterocycles. The van der Waals surface area contributed by atoms with E-state index in [1.165, 1.54) is 12.8 Å². The van der Waals surface area contributed by atoms with Gasteiger partial charge in [-0.2, -0.15) is 4.98 Å². The third kappa shape index (κ3) is 3.35. The second-order valence-corrected chi connectivity index (χ2v) is 5.84. The van der Waals surface area contributed by atoms with Gasteiger partial charge in [-0.05, 0) is 30.9 Å². The highest BCUT2D eigenvalue weighted by Gasteiger charge is 2.24. The van der Waals surface area contributed by atoms with Gasteiger partial charge in [0.2, 0.25) is 0 Å². The molecule has 3 rings (SSSR count). The maximum absolute atomic E-state index is 5.83.